The number of aliphatic imine (C=N–C) groups is 1. The van der Waals surface area contributed by atoms with E-state index in [1.807, 2.05) is 31.2 Å². The van der Waals surface area contributed by atoms with Crippen LogP contribution in [0.15, 0.2) is 53.5 Å². The Hall–Kier alpha value is -3.02. The fraction of sp³-hybridized carbons (Fsp3) is 0.300. The van der Waals surface area contributed by atoms with Crippen molar-refractivity contribution >= 4 is 11.9 Å². The minimum Gasteiger partial charge on any atom is -0.497 e. The van der Waals surface area contributed by atoms with Crippen LogP contribution in [-0.4, -0.2) is 32.1 Å². The first-order valence-corrected chi connectivity index (χ1v) is 8.66. The SMILES string of the molecule is CCNC(=NCc1cccc(C(N)=O)c1)NCCc1ccc(OC)cc1. The molecule has 0 aromatic heterocycles. The number of carbonyl (C=O) groups excluding carboxylic acids is 1. The van der Waals surface area contributed by atoms with Crippen LogP contribution in [0.3, 0.4) is 0 Å². The van der Waals surface area contributed by atoms with Crippen LogP contribution >= 0.6 is 0 Å². The van der Waals surface area contributed by atoms with Gasteiger partial charge in [-0.1, -0.05) is 24.3 Å². The maximum atomic E-state index is 11.3. The van der Waals surface area contributed by atoms with E-state index in [1.54, 1.807) is 19.2 Å². The van der Waals surface area contributed by atoms with Crippen LogP contribution in [0.2, 0.25) is 0 Å². The minimum atomic E-state index is -0.430. The first-order chi connectivity index (χ1) is 12.6. The van der Waals surface area contributed by atoms with E-state index in [9.17, 15) is 4.79 Å². The molecule has 0 saturated heterocycles. The molecule has 0 saturated carbocycles. The molecule has 6 nitrogen and oxygen atoms in total. The van der Waals surface area contributed by atoms with Crippen LogP contribution in [0.4, 0.5) is 0 Å². The van der Waals surface area contributed by atoms with Gasteiger partial charge in [0.1, 0.15) is 5.75 Å². The van der Waals surface area contributed by atoms with Gasteiger partial charge in [0.05, 0.1) is 13.7 Å². The molecule has 26 heavy (non-hydrogen) atoms. The van der Waals surface area contributed by atoms with E-state index < -0.39 is 5.91 Å². The van der Waals surface area contributed by atoms with Gasteiger partial charge in [-0.2, -0.15) is 0 Å². The van der Waals surface area contributed by atoms with Crippen LogP contribution in [0.25, 0.3) is 0 Å². The molecule has 0 atom stereocenters. The van der Waals surface area contributed by atoms with E-state index in [0.717, 1.165) is 36.8 Å². The Labute approximate surface area is 154 Å². The van der Waals surface area contributed by atoms with Gasteiger partial charge in [0.25, 0.3) is 0 Å². The number of carbonyl (C=O) groups is 1. The first-order valence-electron chi connectivity index (χ1n) is 8.66. The second kappa shape index (κ2) is 10.1. The molecule has 2 rings (SSSR count). The molecule has 0 unspecified atom stereocenters. The van der Waals surface area contributed by atoms with Gasteiger partial charge in [-0.25, -0.2) is 4.99 Å². The van der Waals surface area contributed by atoms with Gasteiger partial charge in [0, 0.05) is 18.7 Å². The van der Waals surface area contributed by atoms with Crippen LogP contribution in [0.1, 0.15) is 28.4 Å². The van der Waals surface area contributed by atoms with E-state index in [4.69, 9.17) is 10.5 Å². The predicted octanol–water partition coefficient (Wildman–Crippen LogP) is 2.09. The Morgan fingerprint density at radius 1 is 1.12 bits per heavy atom. The monoisotopic (exact) mass is 354 g/mol. The number of nitrogens with two attached hydrogens (primary N) is 1. The molecule has 0 heterocycles. The number of primary amides is 1. The highest BCUT2D eigenvalue weighted by Crippen LogP contribution is 2.11. The predicted molar refractivity (Wildman–Crippen MR) is 104 cm³/mol. The molecular weight excluding hydrogens is 328 g/mol. The summed E-state index contributed by atoms with van der Waals surface area (Å²) in [7, 11) is 1.66. The quantitative estimate of drug-likeness (QED) is 0.500. The molecule has 138 valence electrons. The summed E-state index contributed by atoms with van der Waals surface area (Å²) in [5.41, 5.74) is 7.98. The smallest absolute Gasteiger partial charge is 0.248 e. The van der Waals surface area contributed by atoms with Crippen molar-refractivity contribution in [1.82, 2.24) is 10.6 Å². The third-order valence-corrected chi connectivity index (χ3v) is 3.84. The fourth-order valence-corrected chi connectivity index (χ4v) is 2.45. The van der Waals surface area contributed by atoms with Gasteiger partial charge >= 0.3 is 0 Å². The van der Waals surface area contributed by atoms with E-state index in [2.05, 4.69) is 27.8 Å². The van der Waals surface area contributed by atoms with Gasteiger partial charge in [-0.05, 0) is 48.7 Å². The zero-order valence-electron chi connectivity index (χ0n) is 15.3. The Bertz CT molecular complexity index is 742. The number of hydrogen-bond donors (Lipinski definition) is 3. The van der Waals surface area contributed by atoms with Crippen molar-refractivity contribution in [2.45, 2.75) is 19.9 Å². The summed E-state index contributed by atoms with van der Waals surface area (Å²) in [5.74, 6) is 1.17. The number of benzene rings is 2. The van der Waals surface area contributed by atoms with Crippen molar-refractivity contribution in [2.24, 2.45) is 10.7 Å². The summed E-state index contributed by atoms with van der Waals surface area (Å²) in [6.45, 7) is 4.03. The van der Waals surface area contributed by atoms with Crippen LogP contribution < -0.4 is 21.1 Å². The molecule has 2 aromatic carbocycles. The molecule has 0 spiro atoms. The lowest BCUT2D eigenvalue weighted by molar-refractivity contribution is 0.1000. The van der Waals surface area contributed by atoms with Gasteiger partial charge in [0.2, 0.25) is 5.91 Å². The Kier molecular flexibility index (Phi) is 7.49. The maximum Gasteiger partial charge on any atom is 0.248 e. The lowest BCUT2D eigenvalue weighted by Gasteiger charge is -2.11. The maximum absolute atomic E-state index is 11.3. The van der Waals surface area contributed by atoms with Gasteiger partial charge in [-0.15, -0.1) is 0 Å². The molecule has 2 aromatic rings. The lowest BCUT2D eigenvalue weighted by Crippen LogP contribution is -2.38. The Morgan fingerprint density at radius 2 is 1.88 bits per heavy atom. The standard InChI is InChI=1S/C20H26N4O2/c1-3-22-20(23-12-11-15-7-9-18(26-2)10-8-15)24-14-16-5-4-6-17(13-16)19(21)25/h4-10,13H,3,11-12,14H2,1-2H3,(H2,21,25)(H2,22,23,24). The number of nitrogens with zero attached hydrogens (tertiary/aromatic N) is 1. The normalized spacial score (nSPS) is 11.1. The average Bonchev–Trinajstić information content (AvgIpc) is 2.67. The summed E-state index contributed by atoms with van der Waals surface area (Å²) in [4.78, 5) is 15.8. The number of nitrogens with one attached hydrogen (secondary N) is 2. The number of rotatable bonds is 8. The number of guanidine groups is 1. The van der Waals surface area contributed by atoms with E-state index >= 15 is 0 Å². The summed E-state index contributed by atoms with van der Waals surface area (Å²) in [5, 5.41) is 6.54. The minimum absolute atomic E-state index is 0.430. The molecule has 0 aliphatic rings. The summed E-state index contributed by atoms with van der Waals surface area (Å²) >= 11 is 0. The molecule has 1 amide bonds. The molecule has 4 N–H and O–H groups in total. The number of hydrogen-bond acceptors (Lipinski definition) is 3. The van der Waals surface area contributed by atoms with Crippen molar-refractivity contribution in [2.75, 3.05) is 20.2 Å². The third kappa shape index (κ3) is 6.12. The van der Waals surface area contributed by atoms with E-state index in [0.29, 0.717) is 12.1 Å². The topological polar surface area (TPSA) is 88.7 Å². The Balaban J connectivity index is 1.91. The molecule has 0 aliphatic carbocycles. The number of methoxy groups -OCH3 is 1. The molecule has 0 radical (unpaired) electrons. The largest absolute Gasteiger partial charge is 0.497 e. The van der Waals surface area contributed by atoms with Crippen LogP contribution in [0, 0.1) is 0 Å². The zero-order chi connectivity index (χ0) is 18.8. The van der Waals surface area contributed by atoms with Gasteiger partial charge in [0.15, 0.2) is 5.96 Å². The second-order valence-corrected chi connectivity index (χ2v) is 5.78. The molecule has 0 fully saturated rings. The highest BCUT2D eigenvalue weighted by molar-refractivity contribution is 5.92. The van der Waals surface area contributed by atoms with Crippen LogP contribution in [0.5, 0.6) is 5.75 Å². The molecular formula is C20H26N4O2. The first kappa shape index (κ1) is 19.3. The van der Waals surface area contributed by atoms with Crippen molar-refractivity contribution in [3.8, 4) is 5.75 Å². The van der Waals surface area contributed by atoms with Crippen LogP contribution in [-0.2, 0) is 13.0 Å². The molecule has 0 bridgehead atoms. The van der Waals surface area contributed by atoms with Crippen molar-refractivity contribution in [1.29, 1.82) is 0 Å². The van der Waals surface area contributed by atoms with Crippen molar-refractivity contribution in [3.05, 3.63) is 65.2 Å². The van der Waals surface area contributed by atoms with Gasteiger partial charge < -0.3 is 21.1 Å². The summed E-state index contributed by atoms with van der Waals surface area (Å²) in [6, 6.07) is 15.2. The lowest BCUT2D eigenvalue weighted by atomic mass is 10.1. The fourth-order valence-electron chi connectivity index (χ4n) is 2.45. The zero-order valence-corrected chi connectivity index (χ0v) is 15.3. The van der Waals surface area contributed by atoms with E-state index in [-0.39, 0.29) is 0 Å². The average molecular weight is 354 g/mol. The van der Waals surface area contributed by atoms with Gasteiger partial charge in [-0.3, -0.25) is 4.79 Å². The highest BCUT2D eigenvalue weighted by atomic mass is 16.5. The van der Waals surface area contributed by atoms with Crippen molar-refractivity contribution < 1.29 is 9.53 Å². The molecule has 0 aliphatic heterocycles. The summed E-state index contributed by atoms with van der Waals surface area (Å²) < 4.78 is 5.17. The highest BCUT2D eigenvalue weighted by Gasteiger charge is 2.02. The van der Waals surface area contributed by atoms with Crippen molar-refractivity contribution in [3.63, 3.8) is 0 Å². The number of amides is 1. The molecule has 6 heteroatoms. The third-order valence-electron chi connectivity index (χ3n) is 3.84. The number of ether oxygens (including phenoxy) is 1. The summed E-state index contributed by atoms with van der Waals surface area (Å²) in [6.07, 6.45) is 0.881. The second-order valence-electron chi connectivity index (χ2n) is 5.78. The van der Waals surface area contributed by atoms with E-state index in [1.165, 1.54) is 5.56 Å². The Morgan fingerprint density at radius 3 is 2.54 bits per heavy atom.